The minimum Gasteiger partial charge on any atom is -0.481 e. The number of hydrogen-bond donors (Lipinski definition) is 2. The van der Waals surface area contributed by atoms with Crippen LogP contribution in [0.4, 0.5) is 4.79 Å². The molecule has 0 unspecified atom stereocenters. The fraction of sp³-hybridized carbons (Fsp3) is 0.545. The van der Waals surface area contributed by atoms with Crippen molar-refractivity contribution in [3.8, 4) is 0 Å². The molecule has 2 rings (SSSR count). The van der Waals surface area contributed by atoms with E-state index in [2.05, 4.69) is 10.3 Å². The average molecular weight is 269 g/mol. The minimum atomic E-state index is -0.879. The molecule has 0 aromatic carbocycles. The molecule has 7 heteroatoms. The Hall–Kier alpha value is -1.63. The summed E-state index contributed by atoms with van der Waals surface area (Å²) in [7, 11) is 0. The Bertz CT molecular complexity index is 417. The zero-order chi connectivity index (χ0) is 13.0. The molecule has 1 aromatic heterocycles. The van der Waals surface area contributed by atoms with Gasteiger partial charge >= 0.3 is 12.0 Å². The fourth-order valence-corrected chi connectivity index (χ4v) is 2.18. The third-order valence-electron chi connectivity index (χ3n) is 2.71. The standard InChI is InChI=1S/C11H15N3O3S/c15-10(16)3-4-14(8-1-2-8)11(17)13-6-9-5-12-7-18-9/h5,7-8H,1-4,6H2,(H,13,17)(H,15,16). The lowest BCUT2D eigenvalue weighted by molar-refractivity contribution is -0.137. The van der Waals surface area contributed by atoms with Gasteiger partial charge in [0.2, 0.25) is 0 Å². The van der Waals surface area contributed by atoms with Crippen molar-refractivity contribution in [2.45, 2.75) is 31.8 Å². The van der Waals surface area contributed by atoms with E-state index in [4.69, 9.17) is 5.11 Å². The number of carboxylic acid groups (broad SMARTS) is 1. The average Bonchev–Trinajstić information content (AvgIpc) is 3.03. The van der Waals surface area contributed by atoms with Gasteiger partial charge < -0.3 is 15.3 Å². The molecule has 0 atom stereocenters. The number of rotatable bonds is 6. The van der Waals surface area contributed by atoms with Gasteiger partial charge in [-0.3, -0.25) is 9.78 Å². The van der Waals surface area contributed by atoms with Crippen molar-refractivity contribution >= 4 is 23.3 Å². The SMILES string of the molecule is O=C(O)CCN(C(=O)NCc1cncs1)C1CC1. The normalized spacial score (nSPS) is 14.2. The molecule has 2 amide bonds. The van der Waals surface area contributed by atoms with Crippen LogP contribution in [0.25, 0.3) is 0 Å². The predicted octanol–water partition coefficient (Wildman–Crippen LogP) is 1.29. The topological polar surface area (TPSA) is 82.5 Å². The van der Waals surface area contributed by atoms with Crippen LogP contribution in [0.2, 0.25) is 0 Å². The summed E-state index contributed by atoms with van der Waals surface area (Å²) in [5.74, 6) is -0.879. The number of aromatic nitrogens is 1. The molecule has 1 aliphatic carbocycles. The number of carbonyl (C=O) groups is 2. The third-order valence-corrected chi connectivity index (χ3v) is 3.49. The summed E-state index contributed by atoms with van der Waals surface area (Å²) in [5, 5.41) is 11.5. The van der Waals surface area contributed by atoms with Gasteiger partial charge in [-0.2, -0.15) is 0 Å². The summed E-state index contributed by atoms with van der Waals surface area (Å²) < 4.78 is 0. The van der Waals surface area contributed by atoms with Gasteiger partial charge in [0.25, 0.3) is 0 Å². The maximum absolute atomic E-state index is 11.9. The van der Waals surface area contributed by atoms with Crippen molar-refractivity contribution in [2.24, 2.45) is 0 Å². The lowest BCUT2D eigenvalue weighted by Gasteiger charge is -2.21. The van der Waals surface area contributed by atoms with Crippen LogP contribution in [-0.4, -0.2) is 39.6 Å². The molecule has 0 bridgehead atoms. The Kier molecular flexibility index (Phi) is 4.14. The molecule has 0 aliphatic heterocycles. The van der Waals surface area contributed by atoms with Crippen molar-refractivity contribution in [3.05, 3.63) is 16.6 Å². The van der Waals surface area contributed by atoms with Crippen LogP contribution >= 0.6 is 11.3 Å². The Morgan fingerprint density at radius 2 is 2.33 bits per heavy atom. The summed E-state index contributed by atoms with van der Waals surface area (Å²) >= 11 is 1.48. The van der Waals surface area contributed by atoms with E-state index in [9.17, 15) is 9.59 Å². The second kappa shape index (κ2) is 5.81. The molecule has 6 nitrogen and oxygen atoms in total. The first kappa shape index (κ1) is 12.8. The van der Waals surface area contributed by atoms with Crippen LogP contribution in [0.5, 0.6) is 0 Å². The van der Waals surface area contributed by atoms with Gasteiger partial charge in [-0.25, -0.2) is 4.79 Å². The molecule has 98 valence electrons. The van der Waals surface area contributed by atoms with E-state index in [-0.39, 0.29) is 25.0 Å². The Morgan fingerprint density at radius 3 is 2.89 bits per heavy atom. The molecular weight excluding hydrogens is 254 g/mol. The highest BCUT2D eigenvalue weighted by atomic mass is 32.1. The first-order valence-corrected chi connectivity index (χ1v) is 6.68. The molecule has 0 spiro atoms. The largest absolute Gasteiger partial charge is 0.481 e. The highest BCUT2D eigenvalue weighted by molar-refractivity contribution is 7.09. The molecule has 0 saturated heterocycles. The number of amides is 2. The Labute approximate surface area is 109 Å². The monoisotopic (exact) mass is 269 g/mol. The molecule has 1 aliphatic rings. The van der Waals surface area contributed by atoms with Gasteiger partial charge in [-0.15, -0.1) is 11.3 Å². The Balaban J connectivity index is 1.81. The number of nitrogens with one attached hydrogen (secondary N) is 1. The zero-order valence-corrected chi connectivity index (χ0v) is 10.7. The van der Waals surface area contributed by atoms with Crippen LogP contribution in [0.15, 0.2) is 11.7 Å². The molecule has 1 saturated carbocycles. The van der Waals surface area contributed by atoms with Crippen molar-refractivity contribution in [1.82, 2.24) is 15.2 Å². The van der Waals surface area contributed by atoms with E-state index < -0.39 is 5.97 Å². The van der Waals surface area contributed by atoms with Crippen LogP contribution in [0.1, 0.15) is 24.1 Å². The number of hydrogen-bond acceptors (Lipinski definition) is 4. The lowest BCUT2D eigenvalue weighted by atomic mass is 10.4. The summed E-state index contributed by atoms with van der Waals surface area (Å²) in [6, 6.07) is 0.0259. The summed E-state index contributed by atoms with van der Waals surface area (Å²) in [5.41, 5.74) is 1.71. The van der Waals surface area contributed by atoms with Gasteiger partial charge in [0.15, 0.2) is 0 Å². The number of nitrogens with zero attached hydrogens (tertiary/aromatic N) is 2. The number of carbonyl (C=O) groups excluding carboxylic acids is 1. The van der Waals surface area contributed by atoms with E-state index in [1.165, 1.54) is 11.3 Å². The first-order chi connectivity index (χ1) is 8.66. The molecule has 1 heterocycles. The maximum Gasteiger partial charge on any atom is 0.317 e. The fourth-order valence-electron chi connectivity index (χ4n) is 1.65. The second-order valence-corrected chi connectivity index (χ2v) is 5.17. The van der Waals surface area contributed by atoms with Gasteiger partial charge in [0, 0.05) is 23.7 Å². The summed E-state index contributed by atoms with van der Waals surface area (Å²) in [6.07, 6.45) is 3.63. The lowest BCUT2D eigenvalue weighted by Crippen LogP contribution is -2.42. The van der Waals surface area contributed by atoms with Crippen LogP contribution < -0.4 is 5.32 Å². The number of aliphatic carboxylic acids is 1. The van der Waals surface area contributed by atoms with E-state index in [1.807, 2.05) is 0 Å². The number of thiazole rings is 1. The molecule has 1 fully saturated rings. The quantitative estimate of drug-likeness (QED) is 0.815. The van der Waals surface area contributed by atoms with Gasteiger partial charge in [0.1, 0.15) is 0 Å². The smallest absolute Gasteiger partial charge is 0.317 e. The van der Waals surface area contributed by atoms with E-state index in [0.29, 0.717) is 6.54 Å². The minimum absolute atomic E-state index is 0.00945. The van der Waals surface area contributed by atoms with E-state index in [1.54, 1.807) is 16.6 Å². The molecular formula is C11H15N3O3S. The predicted molar refractivity (Wildman–Crippen MR) is 66.3 cm³/mol. The number of carboxylic acids is 1. The Morgan fingerprint density at radius 1 is 1.56 bits per heavy atom. The highest BCUT2D eigenvalue weighted by Gasteiger charge is 2.32. The highest BCUT2D eigenvalue weighted by Crippen LogP contribution is 2.27. The van der Waals surface area contributed by atoms with Crippen LogP contribution in [0.3, 0.4) is 0 Å². The van der Waals surface area contributed by atoms with Crippen molar-refractivity contribution in [2.75, 3.05) is 6.54 Å². The summed E-state index contributed by atoms with van der Waals surface area (Å²) in [6.45, 7) is 0.717. The van der Waals surface area contributed by atoms with Gasteiger partial charge in [0.05, 0.1) is 18.5 Å². The third kappa shape index (κ3) is 3.69. The van der Waals surface area contributed by atoms with Crippen molar-refractivity contribution in [3.63, 3.8) is 0 Å². The first-order valence-electron chi connectivity index (χ1n) is 5.80. The van der Waals surface area contributed by atoms with E-state index >= 15 is 0 Å². The van der Waals surface area contributed by atoms with Crippen LogP contribution in [0, 0.1) is 0 Å². The van der Waals surface area contributed by atoms with Crippen molar-refractivity contribution in [1.29, 1.82) is 0 Å². The van der Waals surface area contributed by atoms with Gasteiger partial charge in [-0.1, -0.05) is 0 Å². The number of urea groups is 1. The summed E-state index contributed by atoms with van der Waals surface area (Å²) in [4.78, 5) is 29.0. The van der Waals surface area contributed by atoms with Crippen LogP contribution in [-0.2, 0) is 11.3 Å². The molecule has 18 heavy (non-hydrogen) atoms. The van der Waals surface area contributed by atoms with E-state index in [0.717, 1.165) is 17.7 Å². The molecule has 1 aromatic rings. The maximum atomic E-state index is 11.9. The second-order valence-electron chi connectivity index (χ2n) is 4.19. The van der Waals surface area contributed by atoms with Gasteiger partial charge in [-0.05, 0) is 12.8 Å². The van der Waals surface area contributed by atoms with Crippen molar-refractivity contribution < 1.29 is 14.7 Å². The zero-order valence-electron chi connectivity index (χ0n) is 9.83. The molecule has 2 N–H and O–H groups in total. The molecule has 0 radical (unpaired) electrons.